The standard InChI is InChI=1S/C12H13FN4/c1-7-4-5-8(13)9-10(7)17-6-14-16-11(17)12(2,3)15-9/h4-6,15H,1-3H3. The summed E-state index contributed by atoms with van der Waals surface area (Å²) in [4.78, 5) is 0. The van der Waals surface area contributed by atoms with Gasteiger partial charge in [-0.3, -0.25) is 4.57 Å². The van der Waals surface area contributed by atoms with E-state index in [4.69, 9.17) is 0 Å². The van der Waals surface area contributed by atoms with Gasteiger partial charge in [-0.05, 0) is 32.4 Å². The molecule has 1 N–H and O–H groups in total. The summed E-state index contributed by atoms with van der Waals surface area (Å²) in [5.41, 5.74) is 1.87. The van der Waals surface area contributed by atoms with Gasteiger partial charge in [-0.2, -0.15) is 0 Å². The van der Waals surface area contributed by atoms with Crippen molar-refractivity contribution in [2.75, 3.05) is 5.32 Å². The second-order valence-corrected chi connectivity index (χ2v) is 4.86. The maximum atomic E-state index is 13.9. The number of hydrogen-bond donors (Lipinski definition) is 1. The lowest BCUT2D eigenvalue weighted by molar-refractivity contribution is 0.523. The molecular formula is C12H13FN4. The number of anilines is 1. The second kappa shape index (κ2) is 3.06. The van der Waals surface area contributed by atoms with Crippen molar-refractivity contribution in [1.29, 1.82) is 0 Å². The molecule has 0 aliphatic carbocycles. The molecule has 1 aliphatic heterocycles. The predicted molar refractivity (Wildman–Crippen MR) is 62.7 cm³/mol. The lowest BCUT2D eigenvalue weighted by atomic mass is 9.98. The first kappa shape index (κ1) is 10.3. The van der Waals surface area contributed by atoms with Crippen molar-refractivity contribution < 1.29 is 4.39 Å². The summed E-state index contributed by atoms with van der Waals surface area (Å²) in [5.74, 6) is 0.539. The van der Waals surface area contributed by atoms with Crippen LogP contribution >= 0.6 is 0 Å². The molecule has 0 saturated carbocycles. The number of benzene rings is 1. The number of aryl methyl sites for hydroxylation is 1. The van der Waals surface area contributed by atoms with E-state index in [-0.39, 0.29) is 5.82 Å². The molecular weight excluding hydrogens is 219 g/mol. The number of nitrogens with one attached hydrogen (secondary N) is 1. The van der Waals surface area contributed by atoms with E-state index >= 15 is 0 Å². The van der Waals surface area contributed by atoms with Crippen LogP contribution in [0.15, 0.2) is 18.5 Å². The third-order valence-corrected chi connectivity index (χ3v) is 3.11. The summed E-state index contributed by atoms with van der Waals surface area (Å²) in [7, 11) is 0. The maximum Gasteiger partial charge on any atom is 0.162 e. The van der Waals surface area contributed by atoms with E-state index in [1.165, 1.54) is 6.07 Å². The minimum Gasteiger partial charge on any atom is -0.369 e. The van der Waals surface area contributed by atoms with Crippen molar-refractivity contribution in [2.24, 2.45) is 0 Å². The van der Waals surface area contributed by atoms with Crippen molar-refractivity contribution in [3.63, 3.8) is 0 Å². The van der Waals surface area contributed by atoms with Gasteiger partial charge in [0.1, 0.15) is 12.1 Å². The molecule has 0 saturated heterocycles. The van der Waals surface area contributed by atoms with E-state index in [9.17, 15) is 4.39 Å². The Balaban J connectivity index is 2.38. The summed E-state index contributed by atoms with van der Waals surface area (Å²) >= 11 is 0. The van der Waals surface area contributed by atoms with Gasteiger partial charge >= 0.3 is 0 Å². The average molecular weight is 232 g/mol. The molecule has 0 amide bonds. The lowest BCUT2D eigenvalue weighted by Crippen LogP contribution is -2.36. The van der Waals surface area contributed by atoms with E-state index in [2.05, 4.69) is 15.5 Å². The highest BCUT2D eigenvalue weighted by Crippen LogP contribution is 2.38. The summed E-state index contributed by atoms with van der Waals surface area (Å²) in [5, 5.41) is 11.2. The fraction of sp³-hybridized carbons (Fsp3) is 0.333. The van der Waals surface area contributed by atoms with Crippen molar-refractivity contribution in [2.45, 2.75) is 26.3 Å². The number of nitrogens with zero attached hydrogens (tertiary/aromatic N) is 3. The van der Waals surface area contributed by atoms with Crippen LogP contribution in [-0.4, -0.2) is 14.8 Å². The molecule has 3 rings (SSSR count). The minimum absolute atomic E-state index is 0.252. The summed E-state index contributed by atoms with van der Waals surface area (Å²) < 4.78 is 15.7. The van der Waals surface area contributed by atoms with E-state index in [0.717, 1.165) is 17.1 Å². The molecule has 4 nitrogen and oxygen atoms in total. The second-order valence-electron chi connectivity index (χ2n) is 4.86. The molecule has 1 aromatic heterocycles. The zero-order valence-corrected chi connectivity index (χ0v) is 9.95. The fourth-order valence-corrected chi connectivity index (χ4v) is 2.29. The van der Waals surface area contributed by atoms with Crippen molar-refractivity contribution in [1.82, 2.24) is 14.8 Å². The van der Waals surface area contributed by atoms with E-state index < -0.39 is 5.54 Å². The Labute approximate surface area is 98.5 Å². The zero-order valence-electron chi connectivity index (χ0n) is 9.95. The number of hydrogen-bond acceptors (Lipinski definition) is 3. The van der Waals surface area contributed by atoms with E-state index in [1.807, 2.05) is 25.3 Å². The summed E-state index contributed by atoms with van der Waals surface area (Å²) in [6, 6.07) is 3.24. The molecule has 0 atom stereocenters. The summed E-state index contributed by atoms with van der Waals surface area (Å²) in [6.45, 7) is 5.86. The van der Waals surface area contributed by atoms with Crippen molar-refractivity contribution >= 4 is 5.69 Å². The molecule has 1 aliphatic rings. The van der Waals surface area contributed by atoms with Gasteiger partial charge in [0.25, 0.3) is 0 Å². The molecule has 5 heteroatoms. The first-order valence-corrected chi connectivity index (χ1v) is 5.49. The lowest BCUT2D eigenvalue weighted by Gasteiger charge is -2.34. The van der Waals surface area contributed by atoms with Crippen LogP contribution in [0.3, 0.4) is 0 Å². The molecule has 2 heterocycles. The van der Waals surface area contributed by atoms with Gasteiger partial charge in [0, 0.05) is 0 Å². The minimum atomic E-state index is -0.432. The first-order chi connectivity index (χ1) is 8.00. The smallest absolute Gasteiger partial charge is 0.162 e. The topological polar surface area (TPSA) is 42.7 Å². The molecule has 1 aromatic carbocycles. The van der Waals surface area contributed by atoms with Crippen molar-refractivity contribution in [3.05, 3.63) is 35.7 Å². The van der Waals surface area contributed by atoms with Gasteiger partial charge in [0.15, 0.2) is 5.82 Å². The van der Waals surface area contributed by atoms with Crippen LogP contribution in [0.25, 0.3) is 5.69 Å². The van der Waals surface area contributed by atoms with Crippen LogP contribution in [0.4, 0.5) is 10.1 Å². The van der Waals surface area contributed by atoms with E-state index in [1.54, 1.807) is 12.4 Å². The number of aromatic nitrogens is 3. The maximum absolute atomic E-state index is 13.9. The molecule has 17 heavy (non-hydrogen) atoms. The van der Waals surface area contributed by atoms with Gasteiger partial charge in [-0.1, -0.05) is 6.07 Å². The van der Waals surface area contributed by atoms with Crippen LogP contribution in [0.5, 0.6) is 0 Å². The molecule has 0 unspecified atom stereocenters. The van der Waals surface area contributed by atoms with Crippen LogP contribution in [0, 0.1) is 12.7 Å². The molecule has 0 spiro atoms. The Morgan fingerprint density at radius 1 is 1.35 bits per heavy atom. The number of fused-ring (bicyclic) bond motifs is 3. The molecule has 0 radical (unpaired) electrons. The van der Waals surface area contributed by atoms with Gasteiger partial charge in [0.05, 0.1) is 16.9 Å². The monoisotopic (exact) mass is 232 g/mol. The predicted octanol–water partition coefficient (Wildman–Crippen LogP) is 2.38. The average Bonchev–Trinajstić information content (AvgIpc) is 2.73. The largest absolute Gasteiger partial charge is 0.369 e. The Morgan fingerprint density at radius 3 is 2.88 bits per heavy atom. The van der Waals surface area contributed by atoms with Gasteiger partial charge < -0.3 is 5.32 Å². The Bertz CT molecular complexity index is 601. The molecule has 0 bridgehead atoms. The Hall–Kier alpha value is -1.91. The highest BCUT2D eigenvalue weighted by molar-refractivity contribution is 5.69. The van der Waals surface area contributed by atoms with Crippen LogP contribution in [0.1, 0.15) is 25.2 Å². The SMILES string of the molecule is Cc1ccc(F)c2c1-n1cnnc1C(C)(C)N2. The fourth-order valence-electron chi connectivity index (χ4n) is 2.29. The Morgan fingerprint density at radius 2 is 2.12 bits per heavy atom. The zero-order chi connectivity index (χ0) is 12.2. The first-order valence-electron chi connectivity index (χ1n) is 5.49. The van der Waals surface area contributed by atoms with Crippen LogP contribution in [0.2, 0.25) is 0 Å². The number of rotatable bonds is 0. The molecule has 88 valence electrons. The van der Waals surface area contributed by atoms with Gasteiger partial charge in [-0.15, -0.1) is 10.2 Å². The van der Waals surface area contributed by atoms with E-state index in [0.29, 0.717) is 5.69 Å². The van der Waals surface area contributed by atoms with Crippen LogP contribution < -0.4 is 5.32 Å². The normalized spacial score (nSPS) is 16.0. The molecule has 0 fully saturated rings. The van der Waals surface area contributed by atoms with Crippen molar-refractivity contribution in [3.8, 4) is 5.69 Å². The highest BCUT2D eigenvalue weighted by atomic mass is 19.1. The van der Waals surface area contributed by atoms with Crippen LogP contribution in [-0.2, 0) is 5.54 Å². The third kappa shape index (κ3) is 1.28. The molecule has 2 aromatic rings. The quantitative estimate of drug-likeness (QED) is 0.758. The van der Waals surface area contributed by atoms with Gasteiger partial charge in [-0.25, -0.2) is 4.39 Å². The highest BCUT2D eigenvalue weighted by Gasteiger charge is 2.34. The number of halogens is 1. The van der Waals surface area contributed by atoms with Gasteiger partial charge in [0.2, 0.25) is 0 Å². The third-order valence-electron chi connectivity index (χ3n) is 3.11. The summed E-state index contributed by atoms with van der Waals surface area (Å²) in [6.07, 6.45) is 1.63. The Kier molecular flexibility index (Phi) is 1.85.